The number of rotatable bonds is 54. The molecule has 0 radical (unpaired) electrons. The summed E-state index contributed by atoms with van der Waals surface area (Å²) in [5.74, 6) is -3.84. The smallest absolute Gasteiger partial charge is 0.222 e. The first-order valence-electron chi connectivity index (χ1n) is 32.6. The van der Waals surface area contributed by atoms with Crippen LogP contribution < -0.4 is 42.5 Å². The highest BCUT2D eigenvalue weighted by molar-refractivity contribution is 5.78. The Hall–Kier alpha value is -5.20. The third-order valence-electron chi connectivity index (χ3n) is 14.7. The number of hydrogen-bond acceptors (Lipinski definition) is 32. The topological polar surface area (TPSA) is 564 Å². The normalized spacial score (nSPS) is 25.4. The zero-order valence-electron chi connectivity index (χ0n) is 56.2. The van der Waals surface area contributed by atoms with Gasteiger partial charge in [-0.3, -0.25) is 38.4 Å². The molecule has 0 aromatic heterocycles. The third-order valence-corrected chi connectivity index (χ3v) is 14.7. The maximum absolute atomic E-state index is 13.7. The van der Waals surface area contributed by atoms with Crippen LogP contribution in [0.5, 0.6) is 0 Å². The van der Waals surface area contributed by atoms with E-state index in [0.717, 1.165) is 0 Å². The van der Waals surface area contributed by atoms with Crippen LogP contribution in [0.2, 0.25) is 0 Å². The second-order valence-corrected chi connectivity index (χ2v) is 22.8. The van der Waals surface area contributed by atoms with Crippen LogP contribution >= 0.6 is 0 Å². The number of amides is 8. The highest BCUT2D eigenvalue weighted by Gasteiger charge is 2.48. The van der Waals surface area contributed by atoms with E-state index in [2.05, 4.69) is 42.5 Å². The maximum Gasteiger partial charge on any atom is 0.222 e. The van der Waals surface area contributed by atoms with Gasteiger partial charge in [0.05, 0.1) is 152 Å². The molecule has 3 aliphatic rings. The second kappa shape index (κ2) is 51.0. The molecule has 8 amide bonds. The second-order valence-electron chi connectivity index (χ2n) is 22.8. The molecule has 574 valence electrons. The van der Waals surface area contributed by atoms with E-state index in [1.807, 2.05) is 0 Å². The molecule has 0 saturated carbocycles. The largest absolute Gasteiger partial charge is 0.396 e. The lowest BCUT2D eigenvalue weighted by Gasteiger charge is -2.42. The Morgan fingerprint density at radius 2 is 0.596 bits per heavy atom. The summed E-state index contributed by atoms with van der Waals surface area (Å²) < 4.78 is 79.1. The Kier molecular flexibility index (Phi) is 45.4. The predicted molar refractivity (Wildman–Crippen MR) is 334 cm³/mol. The van der Waals surface area contributed by atoms with Gasteiger partial charge >= 0.3 is 0 Å². The number of hydrogen-bond donors (Lipinski definition) is 18. The molecule has 3 rings (SSSR count). The first-order chi connectivity index (χ1) is 47.5. The van der Waals surface area contributed by atoms with E-state index < -0.39 is 159 Å². The molecular formula is C59H106N8O32. The summed E-state index contributed by atoms with van der Waals surface area (Å²) in [4.78, 5) is 99.4. The molecule has 40 nitrogen and oxygen atoms in total. The van der Waals surface area contributed by atoms with Crippen molar-refractivity contribution in [3.63, 3.8) is 0 Å². The van der Waals surface area contributed by atoms with Crippen molar-refractivity contribution in [2.75, 3.05) is 178 Å². The van der Waals surface area contributed by atoms with Crippen LogP contribution in [0.1, 0.15) is 52.9 Å². The fourth-order valence-electron chi connectivity index (χ4n) is 9.70. The Bertz CT molecular complexity index is 2110. The van der Waals surface area contributed by atoms with Crippen LogP contribution in [0, 0.1) is 0 Å². The van der Waals surface area contributed by atoms with Crippen molar-refractivity contribution in [3.05, 3.63) is 0 Å². The molecule has 0 spiro atoms. The molecule has 15 atom stereocenters. The standard InChI is InChI=1S/C59H106N8O32/c1-36(72)64-47-53(83)50(80)39(30-69)97-56(47)94-27-24-88-19-10-61-43(76)5-15-91-33-59(67-46(79)8-14-86-22-23-87-18-9-60-42(75)4-13-68,34-92-16-6-44(77)62-11-20-89-25-28-95-57-48(65-37(2)73)54(84)51(81)40(31-70)98-57)35-93-17-7-45(78)63-12-21-90-26-29-96-58-49(66-38(3)74)55(85)52(82)41(32-71)99-58/h39-41,47-58,68-71,80-85H,4-35H2,1-3H3,(H,60,75)(H,61,76)(H,62,77)(H,63,78)(H,64,72)(H,65,73)(H,66,74)(H,67,79)/t39-,40-,41-,47-,48-,49-,50+,51+,52+,53-,54-,55-,56-,57-,58-/m1/s1. The van der Waals surface area contributed by atoms with Crippen LogP contribution in [-0.4, -0.2) is 374 Å². The minimum Gasteiger partial charge on any atom is -0.396 e. The Morgan fingerprint density at radius 1 is 0.333 bits per heavy atom. The fraction of sp³-hybridized carbons (Fsp3) is 0.864. The average Bonchev–Trinajstić information content (AvgIpc) is 0.829. The molecule has 40 heteroatoms. The van der Waals surface area contributed by atoms with E-state index in [0.29, 0.717) is 0 Å². The molecule has 0 bridgehead atoms. The first-order valence-corrected chi connectivity index (χ1v) is 32.6. The van der Waals surface area contributed by atoms with E-state index in [1.54, 1.807) is 0 Å². The van der Waals surface area contributed by atoms with Gasteiger partial charge in [0.25, 0.3) is 0 Å². The summed E-state index contributed by atoms with van der Waals surface area (Å²) in [7, 11) is 0. The van der Waals surface area contributed by atoms with Crippen LogP contribution in [-0.2, 0) is 105 Å². The minimum atomic E-state index is -1.53. The number of nitrogens with one attached hydrogen (secondary N) is 8. The quantitative estimate of drug-likeness (QED) is 0.0252. The van der Waals surface area contributed by atoms with Crippen molar-refractivity contribution in [1.82, 2.24) is 42.5 Å². The van der Waals surface area contributed by atoms with E-state index in [-0.39, 0.29) is 196 Å². The van der Waals surface area contributed by atoms with Gasteiger partial charge in [-0.05, 0) is 0 Å². The van der Waals surface area contributed by atoms with Gasteiger partial charge in [0.2, 0.25) is 47.3 Å². The van der Waals surface area contributed by atoms with Crippen LogP contribution in [0.4, 0.5) is 0 Å². The lowest BCUT2D eigenvalue weighted by Crippen LogP contribution is -2.64. The summed E-state index contributed by atoms with van der Waals surface area (Å²) in [6, 6.07) is -3.45. The van der Waals surface area contributed by atoms with Gasteiger partial charge in [0, 0.05) is 79.1 Å². The van der Waals surface area contributed by atoms with E-state index in [9.17, 15) is 84.3 Å². The van der Waals surface area contributed by atoms with E-state index in [4.69, 9.17) is 71.4 Å². The van der Waals surface area contributed by atoms with Gasteiger partial charge in [0.1, 0.15) is 78.6 Å². The molecular weight excluding hydrogens is 1330 g/mol. The molecule has 18 N–H and O–H groups in total. The summed E-state index contributed by atoms with van der Waals surface area (Å²) in [6.45, 7) is 0.151. The van der Waals surface area contributed by atoms with Crippen molar-refractivity contribution in [2.45, 2.75) is 150 Å². The third kappa shape index (κ3) is 35.5. The molecule has 3 heterocycles. The van der Waals surface area contributed by atoms with Crippen molar-refractivity contribution >= 4 is 47.3 Å². The molecule has 3 saturated heterocycles. The zero-order chi connectivity index (χ0) is 73.0. The number of ether oxygens (including phenoxy) is 14. The Labute approximate surface area is 572 Å². The molecule has 99 heavy (non-hydrogen) atoms. The van der Waals surface area contributed by atoms with Crippen molar-refractivity contribution in [1.29, 1.82) is 0 Å². The predicted octanol–water partition coefficient (Wildman–Crippen LogP) is -10.7. The van der Waals surface area contributed by atoms with Crippen molar-refractivity contribution < 1.29 is 156 Å². The summed E-state index contributed by atoms with van der Waals surface area (Å²) in [5, 5.41) is 121. The number of aliphatic hydroxyl groups is 10. The lowest BCUT2D eigenvalue weighted by molar-refractivity contribution is -0.272. The number of carbonyl (C=O) groups excluding carboxylic acids is 8. The SMILES string of the molecule is CC(=O)N[C@H]1[C@H](OCCOCCNC(=O)CCOCC(COCCC(=O)NCCOCCO[C@@H]2O[C@H](CO)[C@H](O)[C@H](O)[C@H]2NC(C)=O)(COCCC(=O)NCCOCCO[C@@H]2O[C@H](CO)[C@H](O)[C@H](O)[C@H]2NC(C)=O)NC(=O)CCOCCOCCNC(=O)CCO)O[C@H](CO)[C@H](O)[C@@H]1O. The van der Waals surface area contributed by atoms with Gasteiger partial charge < -0.3 is 160 Å². The van der Waals surface area contributed by atoms with Gasteiger partial charge in [-0.25, -0.2) is 0 Å². The highest BCUT2D eigenvalue weighted by Crippen LogP contribution is 2.25. The summed E-state index contributed by atoms with van der Waals surface area (Å²) in [6.07, 6.45) is -17.0. The average molecular weight is 1440 g/mol. The summed E-state index contributed by atoms with van der Waals surface area (Å²) in [5.41, 5.74) is -1.53. The lowest BCUT2D eigenvalue weighted by atomic mass is 9.97. The van der Waals surface area contributed by atoms with Crippen molar-refractivity contribution in [3.8, 4) is 0 Å². The Morgan fingerprint density at radius 3 is 0.879 bits per heavy atom. The Balaban J connectivity index is 1.60. The molecule has 0 unspecified atom stereocenters. The zero-order valence-corrected chi connectivity index (χ0v) is 56.2. The first kappa shape index (κ1) is 88.0. The number of aliphatic hydroxyl groups excluding tert-OH is 10. The van der Waals surface area contributed by atoms with E-state index >= 15 is 0 Å². The van der Waals surface area contributed by atoms with Gasteiger partial charge in [0.15, 0.2) is 18.9 Å². The maximum atomic E-state index is 13.7. The molecule has 0 aromatic carbocycles. The minimum absolute atomic E-state index is 0.0219. The monoisotopic (exact) mass is 1440 g/mol. The van der Waals surface area contributed by atoms with Crippen LogP contribution in [0.3, 0.4) is 0 Å². The fourth-order valence-corrected chi connectivity index (χ4v) is 9.70. The van der Waals surface area contributed by atoms with Gasteiger partial charge in [-0.2, -0.15) is 0 Å². The van der Waals surface area contributed by atoms with Gasteiger partial charge in [-0.15, -0.1) is 0 Å². The molecule has 3 aliphatic heterocycles. The highest BCUT2D eigenvalue weighted by atomic mass is 16.7. The van der Waals surface area contributed by atoms with E-state index in [1.165, 1.54) is 20.8 Å². The van der Waals surface area contributed by atoms with Crippen molar-refractivity contribution in [2.24, 2.45) is 0 Å². The summed E-state index contributed by atoms with van der Waals surface area (Å²) >= 11 is 0. The number of carbonyl (C=O) groups is 8. The van der Waals surface area contributed by atoms with Crippen LogP contribution in [0.25, 0.3) is 0 Å². The molecule has 3 fully saturated rings. The molecule has 0 aliphatic carbocycles. The molecule has 0 aromatic rings. The van der Waals surface area contributed by atoms with Gasteiger partial charge in [-0.1, -0.05) is 0 Å². The van der Waals surface area contributed by atoms with Crippen LogP contribution in [0.15, 0.2) is 0 Å².